The van der Waals surface area contributed by atoms with Crippen LogP contribution in [-0.2, 0) is 12.8 Å². The van der Waals surface area contributed by atoms with Crippen molar-refractivity contribution >= 4 is 33.3 Å². The molecule has 0 radical (unpaired) electrons. The van der Waals surface area contributed by atoms with Crippen LogP contribution < -0.4 is 5.84 Å². The summed E-state index contributed by atoms with van der Waals surface area (Å²) in [7, 11) is 0. The Bertz CT molecular complexity index is 1420. The average molecular weight is 448 g/mol. The number of rotatable bonds is 4. The smallest absolute Gasteiger partial charge is 0.216 e. The van der Waals surface area contributed by atoms with E-state index in [1.807, 2.05) is 25.1 Å². The van der Waals surface area contributed by atoms with Crippen molar-refractivity contribution in [3.8, 4) is 22.8 Å². The maximum Gasteiger partial charge on any atom is 0.216 e. The van der Waals surface area contributed by atoms with Gasteiger partial charge in [0.05, 0.1) is 11.8 Å². The maximum absolute atomic E-state index is 6.37. The molecular weight excluding hydrogens is 430 g/mol. The Hall–Kier alpha value is -3.24. The molecule has 5 heterocycles. The van der Waals surface area contributed by atoms with Gasteiger partial charge in [-0.1, -0.05) is 0 Å². The van der Waals surface area contributed by atoms with E-state index in [9.17, 15) is 0 Å². The highest BCUT2D eigenvalue weighted by molar-refractivity contribution is 7.99. The number of thiophene rings is 1. The van der Waals surface area contributed by atoms with Crippen LogP contribution in [0.15, 0.2) is 51.5 Å². The van der Waals surface area contributed by atoms with Crippen LogP contribution in [0, 0.1) is 6.92 Å². The quantitative estimate of drug-likeness (QED) is 0.321. The van der Waals surface area contributed by atoms with Crippen molar-refractivity contribution < 1.29 is 4.42 Å². The second-order valence-corrected chi connectivity index (χ2v) is 9.34. The first-order valence-corrected chi connectivity index (χ1v) is 11.5. The molecule has 8 nitrogen and oxygen atoms in total. The topological polar surface area (TPSA) is 109 Å². The van der Waals surface area contributed by atoms with Crippen LogP contribution in [0.25, 0.3) is 33.0 Å². The number of nitrogen functional groups attached to an aromatic ring is 1. The molecule has 1 aliphatic rings. The average Bonchev–Trinajstić information content (AvgIpc) is 3.54. The molecule has 31 heavy (non-hydrogen) atoms. The number of hydrogen-bond donors (Lipinski definition) is 1. The van der Waals surface area contributed by atoms with E-state index in [1.165, 1.54) is 33.3 Å². The Morgan fingerprint density at radius 3 is 2.94 bits per heavy atom. The number of fused-ring (bicyclic) bond motifs is 3. The molecule has 0 atom stereocenters. The van der Waals surface area contributed by atoms with Gasteiger partial charge in [-0.2, -0.15) is 0 Å². The van der Waals surface area contributed by atoms with Gasteiger partial charge in [0.2, 0.25) is 5.16 Å². The highest BCUT2D eigenvalue weighted by atomic mass is 32.2. The van der Waals surface area contributed by atoms with Gasteiger partial charge in [0, 0.05) is 28.2 Å². The second-order valence-electron chi connectivity index (χ2n) is 7.30. The van der Waals surface area contributed by atoms with Crippen LogP contribution in [0.3, 0.4) is 0 Å². The monoisotopic (exact) mass is 447 g/mol. The van der Waals surface area contributed by atoms with Crippen molar-refractivity contribution in [2.45, 2.75) is 36.4 Å². The molecule has 2 N–H and O–H groups in total. The SMILES string of the molecule is Cc1occc1-c1nnc(Sc2nc(-c3cccnc3)nc3sc4c(c23)CCC4)n1N. The number of pyridine rings is 1. The van der Waals surface area contributed by atoms with Crippen LogP contribution >= 0.6 is 23.1 Å². The van der Waals surface area contributed by atoms with Gasteiger partial charge in [-0.3, -0.25) is 4.98 Å². The first-order valence-electron chi connectivity index (χ1n) is 9.84. The lowest BCUT2D eigenvalue weighted by Gasteiger charge is -2.07. The fraction of sp³-hybridized carbons (Fsp3) is 0.190. The van der Waals surface area contributed by atoms with Crippen molar-refractivity contribution in [3.05, 3.63) is 53.1 Å². The first-order chi connectivity index (χ1) is 15.2. The van der Waals surface area contributed by atoms with E-state index in [2.05, 4.69) is 15.2 Å². The molecule has 0 aliphatic heterocycles. The zero-order valence-corrected chi connectivity index (χ0v) is 18.2. The van der Waals surface area contributed by atoms with E-state index in [-0.39, 0.29) is 0 Å². The molecule has 5 aromatic heterocycles. The summed E-state index contributed by atoms with van der Waals surface area (Å²) in [6.07, 6.45) is 8.46. The van der Waals surface area contributed by atoms with Crippen molar-refractivity contribution in [2.24, 2.45) is 0 Å². The molecule has 5 aromatic rings. The van der Waals surface area contributed by atoms with Crippen LogP contribution in [-0.4, -0.2) is 29.8 Å². The van der Waals surface area contributed by atoms with Gasteiger partial charge in [-0.05, 0) is 61.7 Å². The van der Waals surface area contributed by atoms with Gasteiger partial charge in [0.25, 0.3) is 0 Å². The summed E-state index contributed by atoms with van der Waals surface area (Å²) in [6, 6.07) is 5.70. The molecule has 0 saturated carbocycles. The van der Waals surface area contributed by atoms with E-state index >= 15 is 0 Å². The van der Waals surface area contributed by atoms with Gasteiger partial charge >= 0.3 is 0 Å². The number of aryl methyl sites for hydroxylation is 3. The lowest BCUT2D eigenvalue weighted by Crippen LogP contribution is -2.11. The molecule has 0 unspecified atom stereocenters. The van der Waals surface area contributed by atoms with Crippen LogP contribution in [0.4, 0.5) is 0 Å². The van der Waals surface area contributed by atoms with Crippen molar-refractivity contribution in [2.75, 3.05) is 5.84 Å². The van der Waals surface area contributed by atoms with Crippen molar-refractivity contribution in [1.82, 2.24) is 29.8 Å². The maximum atomic E-state index is 6.37. The fourth-order valence-corrected chi connectivity index (χ4v) is 6.11. The third-order valence-corrected chi connectivity index (χ3v) is 7.54. The Labute approximate surface area is 185 Å². The highest BCUT2D eigenvalue weighted by Crippen LogP contribution is 2.43. The normalized spacial score (nSPS) is 13.2. The van der Waals surface area contributed by atoms with Crippen molar-refractivity contribution in [1.29, 1.82) is 0 Å². The van der Waals surface area contributed by atoms with E-state index in [0.29, 0.717) is 16.8 Å². The summed E-state index contributed by atoms with van der Waals surface area (Å²) < 4.78 is 6.89. The Balaban J connectivity index is 1.49. The molecule has 0 spiro atoms. The van der Waals surface area contributed by atoms with Crippen LogP contribution in [0.2, 0.25) is 0 Å². The fourth-order valence-electron chi connectivity index (χ4n) is 3.89. The minimum atomic E-state index is 0.557. The summed E-state index contributed by atoms with van der Waals surface area (Å²) in [6.45, 7) is 1.87. The zero-order valence-electron chi connectivity index (χ0n) is 16.6. The van der Waals surface area contributed by atoms with Gasteiger partial charge in [0.1, 0.15) is 15.6 Å². The lowest BCUT2D eigenvalue weighted by molar-refractivity contribution is 0.535. The standard InChI is InChI=1S/C21H17N7OS2/c1-11-13(7-9-29-11)18-26-27-21(28(18)22)31-20-16-14-5-2-6-15(14)30-19(16)24-17(25-20)12-4-3-8-23-10-12/h3-4,7-10H,2,5-6,22H2,1H3. The third-order valence-electron chi connectivity index (χ3n) is 5.40. The molecule has 0 aromatic carbocycles. The molecule has 6 rings (SSSR count). The number of hydrogen-bond acceptors (Lipinski definition) is 9. The predicted molar refractivity (Wildman–Crippen MR) is 119 cm³/mol. The first kappa shape index (κ1) is 18.5. The van der Waals surface area contributed by atoms with Crippen LogP contribution in [0.5, 0.6) is 0 Å². The molecule has 0 bridgehead atoms. The Kier molecular flexibility index (Phi) is 4.29. The Morgan fingerprint density at radius 1 is 1.19 bits per heavy atom. The van der Waals surface area contributed by atoms with E-state index < -0.39 is 0 Å². The lowest BCUT2D eigenvalue weighted by atomic mass is 10.2. The highest BCUT2D eigenvalue weighted by Gasteiger charge is 2.25. The largest absolute Gasteiger partial charge is 0.469 e. The van der Waals surface area contributed by atoms with Crippen LogP contribution in [0.1, 0.15) is 22.6 Å². The van der Waals surface area contributed by atoms with E-state index in [0.717, 1.165) is 45.0 Å². The molecule has 10 heteroatoms. The van der Waals surface area contributed by atoms with E-state index in [4.69, 9.17) is 20.2 Å². The number of nitrogens with two attached hydrogens (primary N) is 1. The minimum absolute atomic E-state index is 0.557. The molecular formula is C21H17N7OS2. The van der Waals surface area contributed by atoms with Crippen molar-refractivity contribution in [3.63, 3.8) is 0 Å². The summed E-state index contributed by atoms with van der Waals surface area (Å²) in [5.41, 5.74) is 3.06. The third kappa shape index (κ3) is 3.02. The zero-order chi connectivity index (χ0) is 20.9. The molecule has 0 fully saturated rings. The van der Waals surface area contributed by atoms with Gasteiger partial charge < -0.3 is 10.3 Å². The van der Waals surface area contributed by atoms with Gasteiger partial charge in [-0.15, -0.1) is 21.5 Å². The molecule has 0 amide bonds. The number of nitrogens with zero attached hydrogens (tertiary/aromatic N) is 6. The summed E-state index contributed by atoms with van der Waals surface area (Å²) >= 11 is 3.17. The summed E-state index contributed by atoms with van der Waals surface area (Å²) in [4.78, 5) is 16.4. The molecule has 1 aliphatic carbocycles. The van der Waals surface area contributed by atoms with Gasteiger partial charge in [0.15, 0.2) is 11.6 Å². The van der Waals surface area contributed by atoms with Gasteiger partial charge in [-0.25, -0.2) is 14.6 Å². The van der Waals surface area contributed by atoms with E-state index in [1.54, 1.807) is 30.0 Å². The minimum Gasteiger partial charge on any atom is -0.469 e. The Morgan fingerprint density at radius 2 is 2.13 bits per heavy atom. The summed E-state index contributed by atoms with van der Waals surface area (Å²) in [5.74, 6) is 8.32. The molecule has 154 valence electrons. The predicted octanol–water partition coefficient (Wildman–Crippen LogP) is 4.27. The summed E-state index contributed by atoms with van der Waals surface area (Å²) in [5, 5.41) is 11.1. The number of furan rings is 1. The number of aromatic nitrogens is 6. The molecule has 0 saturated heterocycles. The second kappa shape index (κ2) is 7.17.